The maximum atomic E-state index is 5.93. The standard InChI is InChI=1S/C18H22BrNO/c1-3-13(2)15-5-7-16(8-6-15)21-18-9-4-14(10-11-20)12-17(18)19/h4-9,12-13H,3,10-11,20H2,1-2H3. The van der Waals surface area contributed by atoms with Crippen molar-refractivity contribution in [3.63, 3.8) is 0 Å². The van der Waals surface area contributed by atoms with Gasteiger partial charge in [0, 0.05) is 0 Å². The number of ether oxygens (including phenoxy) is 1. The van der Waals surface area contributed by atoms with Crippen LogP contribution in [0.15, 0.2) is 46.9 Å². The van der Waals surface area contributed by atoms with Crippen molar-refractivity contribution in [2.75, 3.05) is 6.54 Å². The number of halogens is 1. The third-order valence-electron chi connectivity index (χ3n) is 3.72. The lowest BCUT2D eigenvalue weighted by atomic mass is 9.99. The van der Waals surface area contributed by atoms with Crippen molar-refractivity contribution < 1.29 is 4.74 Å². The van der Waals surface area contributed by atoms with Crippen molar-refractivity contribution in [1.29, 1.82) is 0 Å². The van der Waals surface area contributed by atoms with E-state index in [0.717, 1.165) is 28.8 Å². The highest BCUT2D eigenvalue weighted by Gasteiger charge is 2.06. The first kappa shape index (κ1) is 16.1. The Morgan fingerprint density at radius 3 is 2.43 bits per heavy atom. The van der Waals surface area contributed by atoms with Gasteiger partial charge in [-0.3, -0.25) is 0 Å². The van der Waals surface area contributed by atoms with Crippen molar-refractivity contribution in [2.24, 2.45) is 5.73 Å². The van der Waals surface area contributed by atoms with E-state index in [1.54, 1.807) is 0 Å². The summed E-state index contributed by atoms with van der Waals surface area (Å²) >= 11 is 3.56. The van der Waals surface area contributed by atoms with E-state index in [2.05, 4.69) is 54.0 Å². The summed E-state index contributed by atoms with van der Waals surface area (Å²) in [5.74, 6) is 2.27. The zero-order chi connectivity index (χ0) is 15.2. The summed E-state index contributed by atoms with van der Waals surface area (Å²) in [7, 11) is 0. The molecule has 0 amide bonds. The van der Waals surface area contributed by atoms with Gasteiger partial charge in [0.05, 0.1) is 4.47 Å². The van der Waals surface area contributed by atoms with Crippen LogP contribution in [0.5, 0.6) is 11.5 Å². The van der Waals surface area contributed by atoms with Crippen molar-refractivity contribution in [1.82, 2.24) is 0 Å². The Bertz CT molecular complexity index is 580. The predicted octanol–water partition coefficient (Wildman–Crippen LogP) is 5.26. The van der Waals surface area contributed by atoms with Gasteiger partial charge in [-0.1, -0.05) is 32.0 Å². The Labute approximate surface area is 135 Å². The van der Waals surface area contributed by atoms with Crippen LogP contribution in [0.1, 0.15) is 37.3 Å². The summed E-state index contributed by atoms with van der Waals surface area (Å²) in [6.45, 7) is 5.10. The molecule has 0 saturated carbocycles. The van der Waals surface area contributed by atoms with Crippen LogP contribution in [-0.2, 0) is 6.42 Å². The maximum Gasteiger partial charge on any atom is 0.141 e. The molecule has 2 rings (SSSR count). The minimum Gasteiger partial charge on any atom is -0.456 e. The molecule has 2 nitrogen and oxygen atoms in total. The van der Waals surface area contributed by atoms with Crippen LogP contribution in [0.3, 0.4) is 0 Å². The Balaban J connectivity index is 2.11. The third-order valence-corrected chi connectivity index (χ3v) is 4.34. The highest BCUT2D eigenvalue weighted by Crippen LogP contribution is 2.31. The van der Waals surface area contributed by atoms with Crippen molar-refractivity contribution >= 4 is 15.9 Å². The topological polar surface area (TPSA) is 35.2 Å². The number of benzene rings is 2. The summed E-state index contributed by atoms with van der Waals surface area (Å²) in [4.78, 5) is 0. The maximum absolute atomic E-state index is 5.93. The first-order chi connectivity index (χ1) is 10.1. The van der Waals surface area contributed by atoms with E-state index in [9.17, 15) is 0 Å². The lowest BCUT2D eigenvalue weighted by Gasteiger charge is -2.12. The number of hydrogen-bond donors (Lipinski definition) is 1. The van der Waals surface area contributed by atoms with Crippen LogP contribution in [0, 0.1) is 0 Å². The molecule has 112 valence electrons. The van der Waals surface area contributed by atoms with Gasteiger partial charge in [0.15, 0.2) is 0 Å². The van der Waals surface area contributed by atoms with E-state index >= 15 is 0 Å². The highest BCUT2D eigenvalue weighted by atomic mass is 79.9. The van der Waals surface area contributed by atoms with E-state index < -0.39 is 0 Å². The molecule has 1 atom stereocenters. The summed E-state index contributed by atoms with van der Waals surface area (Å²) < 4.78 is 6.89. The van der Waals surface area contributed by atoms with Gasteiger partial charge in [0.1, 0.15) is 11.5 Å². The van der Waals surface area contributed by atoms with E-state index in [0.29, 0.717) is 12.5 Å². The molecule has 1 unspecified atom stereocenters. The molecular formula is C18H22BrNO. The molecule has 0 heterocycles. The largest absolute Gasteiger partial charge is 0.456 e. The summed E-state index contributed by atoms with van der Waals surface area (Å²) in [6.07, 6.45) is 2.02. The van der Waals surface area contributed by atoms with Gasteiger partial charge in [0.2, 0.25) is 0 Å². The molecule has 0 fully saturated rings. The van der Waals surface area contributed by atoms with Crippen molar-refractivity contribution in [2.45, 2.75) is 32.6 Å². The molecule has 0 saturated heterocycles. The zero-order valence-corrected chi connectivity index (χ0v) is 14.2. The van der Waals surface area contributed by atoms with Crippen LogP contribution in [0.25, 0.3) is 0 Å². The Kier molecular flexibility index (Phi) is 5.83. The summed E-state index contributed by atoms with van der Waals surface area (Å²) in [5.41, 5.74) is 8.14. The van der Waals surface area contributed by atoms with E-state index in [4.69, 9.17) is 10.5 Å². The minimum atomic E-state index is 0.585. The second kappa shape index (κ2) is 7.62. The average Bonchev–Trinajstić information content (AvgIpc) is 2.50. The van der Waals surface area contributed by atoms with Gasteiger partial charge < -0.3 is 10.5 Å². The van der Waals surface area contributed by atoms with Gasteiger partial charge in [-0.05, 0) is 76.6 Å². The molecule has 0 aliphatic heterocycles. The fraction of sp³-hybridized carbons (Fsp3) is 0.333. The molecule has 2 aromatic carbocycles. The van der Waals surface area contributed by atoms with Gasteiger partial charge in [0.25, 0.3) is 0 Å². The van der Waals surface area contributed by atoms with Crippen LogP contribution >= 0.6 is 15.9 Å². The highest BCUT2D eigenvalue weighted by molar-refractivity contribution is 9.10. The second-order valence-electron chi connectivity index (χ2n) is 5.28. The first-order valence-electron chi connectivity index (χ1n) is 7.40. The number of hydrogen-bond acceptors (Lipinski definition) is 2. The zero-order valence-electron chi connectivity index (χ0n) is 12.6. The van der Waals surface area contributed by atoms with E-state index in [-0.39, 0.29) is 0 Å². The van der Waals surface area contributed by atoms with Crippen LogP contribution in [0.4, 0.5) is 0 Å². The number of rotatable bonds is 6. The molecule has 0 aliphatic rings. The van der Waals surface area contributed by atoms with Crippen LogP contribution in [0.2, 0.25) is 0 Å². The lowest BCUT2D eigenvalue weighted by molar-refractivity contribution is 0.479. The predicted molar refractivity (Wildman–Crippen MR) is 92.1 cm³/mol. The SMILES string of the molecule is CCC(C)c1ccc(Oc2ccc(CCN)cc2Br)cc1. The van der Waals surface area contributed by atoms with Gasteiger partial charge in [-0.15, -0.1) is 0 Å². The molecular weight excluding hydrogens is 326 g/mol. The summed E-state index contributed by atoms with van der Waals surface area (Å²) in [6, 6.07) is 14.4. The quantitative estimate of drug-likeness (QED) is 0.773. The van der Waals surface area contributed by atoms with Gasteiger partial charge in [-0.25, -0.2) is 0 Å². The molecule has 0 bridgehead atoms. The molecule has 0 aliphatic carbocycles. The Morgan fingerprint density at radius 2 is 1.86 bits per heavy atom. The molecule has 2 aromatic rings. The van der Waals surface area contributed by atoms with E-state index in [1.165, 1.54) is 11.1 Å². The molecule has 0 spiro atoms. The summed E-state index contributed by atoms with van der Waals surface area (Å²) in [5, 5.41) is 0. The Hall–Kier alpha value is -1.32. The molecule has 21 heavy (non-hydrogen) atoms. The second-order valence-corrected chi connectivity index (χ2v) is 6.14. The molecule has 0 aromatic heterocycles. The number of nitrogens with two attached hydrogens (primary N) is 1. The molecule has 0 radical (unpaired) electrons. The monoisotopic (exact) mass is 347 g/mol. The van der Waals surface area contributed by atoms with Gasteiger partial charge in [-0.2, -0.15) is 0 Å². The normalized spacial score (nSPS) is 12.2. The smallest absolute Gasteiger partial charge is 0.141 e. The van der Waals surface area contributed by atoms with Gasteiger partial charge >= 0.3 is 0 Å². The minimum absolute atomic E-state index is 0.585. The molecule has 2 N–H and O–H groups in total. The van der Waals surface area contributed by atoms with E-state index in [1.807, 2.05) is 18.2 Å². The third kappa shape index (κ3) is 4.32. The fourth-order valence-corrected chi connectivity index (χ4v) is 2.68. The average molecular weight is 348 g/mol. The van der Waals surface area contributed by atoms with Crippen molar-refractivity contribution in [3.8, 4) is 11.5 Å². The van der Waals surface area contributed by atoms with Crippen LogP contribution in [-0.4, -0.2) is 6.54 Å². The fourth-order valence-electron chi connectivity index (χ4n) is 2.18. The lowest BCUT2D eigenvalue weighted by Crippen LogP contribution is -2.02. The van der Waals surface area contributed by atoms with Crippen molar-refractivity contribution in [3.05, 3.63) is 58.1 Å². The Morgan fingerprint density at radius 1 is 1.14 bits per heavy atom. The molecule has 3 heteroatoms. The van der Waals surface area contributed by atoms with Crippen LogP contribution < -0.4 is 10.5 Å². The first-order valence-corrected chi connectivity index (χ1v) is 8.19.